The Balaban J connectivity index is 1.56. The Kier molecular flexibility index (Phi) is 4.14. The summed E-state index contributed by atoms with van der Waals surface area (Å²) in [6.45, 7) is 0.709. The predicted octanol–water partition coefficient (Wildman–Crippen LogP) is 2.28. The molecule has 5 heteroatoms. The third kappa shape index (κ3) is 3.31. The summed E-state index contributed by atoms with van der Waals surface area (Å²) in [4.78, 5) is 12.0. The Morgan fingerprint density at radius 3 is 2.86 bits per heavy atom. The molecule has 1 aliphatic rings. The molecule has 1 aliphatic heterocycles. The summed E-state index contributed by atoms with van der Waals surface area (Å²) in [6, 6.07) is 13.1. The average molecular weight is 299 g/mol. The van der Waals surface area contributed by atoms with E-state index in [-0.39, 0.29) is 12.7 Å². The zero-order chi connectivity index (χ0) is 15.4. The van der Waals surface area contributed by atoms with Crippen LogP contribution in [0.5, 0.6) is 17.2 Å². The first-order chi connectivity index (χ1) is 10.7. The van der Waals surface area contributed by atoms with Gasteiger partial charge in [-0.1, -0.05) is 18.2 Å². The van der Waals surface area contributed by atoms with Gasteiger partial charge in [-0.05, 0) is 35.4 Å². The quantitative estimate of drug-likeness (QED) is 0.920. The normalized spacial score (nSPS) is 12.0. The monoisotopic (exact) mass is 299 g/mol. The van der Waals surface area contributed by atoms with Crippen molar-refractivity contribution < 1.29 is 19.0 Å². The van der Waals surface area contributed by atoms with Crippen LogP contribution in [0.3, 0.4) is 0 Å². The fraction of sp³-hybridized carbons (Fsp3) is 0.235. The number of fused-ring (bicyclic) bond motifs is 1. The van der Waals surface area contributed by atoms with Crippen LogP contribution in [0.15, 0.2) is 42.5 Å². The number of carbonyl (C=O) groups is 1. The summed E-state index contributed by atoms with van der Waals surface area (Å²) in [6.07, 6.45) is 0.321. The van der Waals surface area contributed by atoms with Crippen LogP contribution in [-0.2, 0) is 17.8 Å². The molecule has 2 aromatic rings. The van der Waals surface area contributed by atoms with E-state index in [0.717, 1.165) is 28.4 Å². The molecular formula is C17H17NO4. The number of carbonyl (C=O) groups excluding carboxylic acids is 1. The molecule has 0 radical (unpaired) electrons. The molecule has 5 nitrogen and oxygen atoms in total. The van der Waals surface area contributed by atoms with Crippen LogP contribution in [0, 0.1) is 0 Å². The molecule has 0 aromatic heterocycles. The predicted molar refractivity (Wildman–Crippen MR) is 81.1 cm³/mol. The van der Waals surface area contributed by atoms with E-state index in [1.807, 2.05) is 42.5 Å². The molecule has 1 N–H and O–H groups in total. The fourth-order valence-electron chi connectivity index (χ4n) is 2.28. The highest BCUT2D eigenvalue weighted by molar-refractivity contribution is 5.78. The number of hydrogen-bond donors (Lipinski definition) is 1. The van der Waals surface area contributed by atoms with Gasteiger partial charge < -0.3 is 19.5 Å². The molecule has 2 aromatic carbocycles. The smallest absolute Gasteiger partial charge is 0.231 e. The lowest BCUT2D eigenvalue weighted by molar-refractivity contribution is -0.120. The van der Waals surface area contributed by atoms with E-state index < -0.39 is 0 Å². The van der Waals surface area contributed by atoms with Gasteiger partial charge in [-0.2, -0.15) is 0 Å². The summed E-state index contributed by atoms with van der Waals surface area (Å²) in [5.74, 6) is 2.18. The van der Waals surface area contributed by atoms with E-state index in [0.29, 0.717) is 13.0 Å². The molecular weight excluding hydrogens is 282 g/mol. The molecule has 22 heavy (non-hydrogen) atoms. The van der Waals surface area contributed by atoms with Crippen molar-refractivity contribution in [2.75, 3.05) is 13.9 Å². The molecule has 0 saturated carbocycles. The summed E-state index contributed by atoms with van der Waals surface area (Å²) in [5, 5.41) is 2.90. The van der Waals surface area contributed by atoms with E-state index in [1.165, 1.54) is 0 Å². The van der Waals surface area contributed by atoms with Crippen LogP contribution < -0.4 is 19.5 Å². The zero-order valence-corrected chi connectivity index (χ0v) is 12.3. The van der Waals surface area contributed by atoms with Gasteiger partial charge in [0.1, 0.15) is 5.75 Å². The molecule has 1 amide bonds. The zero-order valence-electron chi connectivity index (χ0n) is 12.3. The van der Waals surface area contributed by atoms with Gasteiger partial charge >= 0.3 is 0 Å². The topological polar surface area (TPSA) is 56.8 Å². The molecule has 0 unspecified atom stereocenters. The minimum Gasteiger partial charge on any atom is -0.497 e. The van der Waals surface area contributed by atoms with Gasteiger partial charge in [0.2, 0.25) is 12.7 Å². The van der Waals surface area contributed by atoms with Gasteiger partial charge in [0, 0.05) is 6.54 Å². The second kappa shape index (κ2) is 6.39. The van der Waals surface area contributed by atoms with Crippen LogP contribution in [0.4, 0.5) is 0 Å². The van der Waals surface area contributed by atoms with Crippen molar-refractivity contribution in [3.8, 4) is 17.2 Å². The third-order valence-electron chi connectivity index (χ3n) is 3.43. The molecule has 3 rings (SSSR count). The summed E-state index contributed by atoms with van der Waals surface area (Å²) in [7, 11) is 1.61. The van der Waals surface area contributed by atoms with Crippen LogP contribution in [0.2, 0.25) is 0 Å². The third-order valence-corrected chi connectivity index (χ3v) is 3.43. The molecule has 0 spiro atoms. The minimum absolute atomic E-state index is 0.0362. The maximum atomic E-state index is 12.0. The van der Waals surface area contributed by atoms with Crippen molar-refractivity contribution in [2.24, 2.45) is 0 Å². The van der Waals surface area contributed by atoms with Gasteiger partial charge in [-0.15, -0.1) is 0 Å². The van der Waals surface area contributed by atoms with Gasteiger partial charge in [0.15, 0.2) is 11.5 Å². The largest absolute Gasteiger partial charge is 0.497 e. The van der Waals surface area contributed by atoms with Gasteiger partial charge in [0.05, 0.1) is 13.5 Å². The van der Waals surface area contributed by atoms with Crippen LogP contribution in [0.25, 0.3) is 0 Å². The molecule has 0 bridgehead atoms. The number of hydrogen-bond acceptors (Lipinski definition) is 4. The Hall–Kier alpha value is -2.69. The van der Waals surface area contributed by atoms with Crippen molar-refractivity contribution >= 4 is 5.91 Å². The highest BCUT2D eigenvalue weighted by atomic mass is 16.7. The van der Waals surface area contributed by atoms with Crippen LogP contribution >= 0.6 is 0 Å². The molecule has 114 valence electrons. The number of nitrogens with one attached hydrogen (secondary N) is 1. The Labute approximate surface area is 128 Å². The summed E-state index contributed by atoms with van der Waals surface area (Å²) >= 11 is 0. The number of benzene rings is 2. The summed E-state index contributed by atoms with van der Waals surface area (Å²) < 4.78 is 15.7. The first-order valence-electron chi connectivity index (χ1n) is 7.03. The summed E-state index contributed by atoms with van der Waals surface area (Å²) in [5.41, 5.74) is 1.89. The Morgan fingerprint density at radius 1 is 1.14 bits per heavy atom. The maximum absolute atomic E-state index is 12.0. The van der Waals surface area contributed by atoms with Crippen LogP contribution in [-0.4, -0.2) is 19.8 Å². The number of ether oxygens (including phenoxy) is 3. The fourth-order valence-corrected chi connectivity index (χ4v) is 2.28. The Morgan fingerprint density at radius 2 is 2.00 bits per heavy atom. The lowest BCUT2D eigenvalue weighted by Gasteiger charge is -2.07. The van der Waals surface area contributed by atoms with E-state index in [4.69, 9.17) is 14.2 Å². The van der Waals surface area contributed by atoms with Crippen molar-refractivity contribution in [1.82, 2.24) is 5.32 Å². The van der Waals surface area contributed by atoms with Crippen molar-refractivity contribution in [2.45, 2.75) is 13.0 Å². The lowest BCUT2D eigenvalue weighted by Crippen LogP contribution is -2.24. The van der Waals surface area contributed by atoms with E-state index in [9.17, 15) is 4.79 Å². The molecule has 1 heterocycles. The SMILES string of the molecule is COc1cccc(CC(=O)NCc2ccc3c(c2)OCO3)c1. The van der Waals surface area contributed by atoms with E-state index in [2.05, 4.69) is 5.32 Å². The highest BCUT2D eigenvalue weighted by Crippen LogP contribution is 2.32. The molecule has 0 aliphatic carbocycles. The first-order valence-corrected chi connectivity index (χ1v) is 7.03. The average Bonchev–Trinajstić information content (AvgIpc) is 3.00. The maximum Gasteiger partial charge on any atom is 0.231 e. The lowest BCUT2D eigenvalue weighted by atomic mass is 10.1. The van der Waals surface area contributed by atoms with Gasteiger partial charge in [0.25, 0.3) is 0 Å². The van der Waals surface area contributed by atoms with Crippen molar-refractivity contribution in [1.29, 1.82) is 0 Å². The van der Waals surface area contributed by atoms with Gasteiger partial charge in [-0.25, -0.2) is 0 Å². The van der Waals surface area contributed by atoms with Gasteiger partial charge in [-0.3, -0.25) is 4.79 Å². The van der Waals surface area contributed by atoms with Crippen molar-refractivity contribution in [3.63, 3.8) is 0 Å². The van der Waals surface area contributed by atoms with Crippen LogP contribution in [0.1, 0.15) is 11.1 Å². The first kappa shape index (κ1) is 14.3. The molecule has 0 atom stereocenters. The Bertz CT molecular complexity index is 684. The number of amides is 1. The van der Waals surface area contributed by atoms with E-state index in [1.54, 1.807) is 7.11 Å². The highest BCUT2D eigenvalue weighted by Gasteiger charge is 2.13. The van der Waals surface area contributed by atoms with Crippen molar-refractivity contribution in [3.05, 3.63) is 53.6 Å². The molecule has 0 fully saturated rings. The second-order valence-electron chi connectivity index (χ2n) is 4.99. The minimum atomic E-state index is -0.0362. The number of methoxy groups -OCH3 is 1. The standard InChI is InChI=1S/C17H17NO4/c1-20-14-4-2-3-12(7-14)9-17(19)18-10-13-5-6-15-16(8-13)22-11-21-15/h2-8H,9-11H2,1H3,(H,18,19). The van der Waals surface area contributed by atoms with E-state index >= 15 is 0 Å². The number of rotatable bonds is 5. The molecule has 0 saturated heterocycles. The second-order valence-corrected chi connectivity index (χ2v) is 4.99.